The standard InChI is InChI=1S/C12H21N3O3S/c1-8(10-5-3-4-6-10)15-19(17,18)12-11(7-16)9(2)13-14-12/h8,10,15-16H,3-7H2,1-2H3,(H,13,14). The molecule has 1 aromatic rings. The van der Waals surface area contributed by atoms with Crippen LogP contribution in [0.3, 0.4) is 0 Å². The van der Waals surface area contributed by atoms with E-state index in [1.54, 1.807) is 6.92 Å². The Morgan fingerprint density at radius 1 is 1.47 bits per heavy atom. The first-order valence-corrected chi connectivity index (χ1v) is 8.11. The predicted molar refractivity (Wildman–Crippen MR) is 71.0 cm³/mol. The number of aliphatic hydroxyl groups excluding tert-OH is 1. The Morgan fingerprint density at radius 2 is 2.11 bits per heavy atom. The van der Waals surface area contributed by atoms with Gasteiger partial charge in [-0.25, -0.2) is 13.1 Å². The Labute approximate surface area is 113 Å². The molecule has 0 spiro atoms. The topological polar surface area (TPSA) is 95.1 Å². The van der Waals surface area contributed by atoms with E-state index in [2.05, 4.69) is 14.9 Å². The minimum Gasteiger partial charge on any atom is -0.392 e. The van der Waals surface area contributed by atoms with Gasteiger partial charge in [0.15, 0.2) is 5.03 Å². The molecule has 0 saturated heterocycles. The molecule has 1 aromatic heterocycles. The average Bonchev–Trinajstić information content (AvgIpc) is 2.96. The maximum Gasteiger partial charge on any atom is 0.260 e. The largest absolute Gasteiger partial charge is 0.392 e. The predicted octanol–water partition coefficient (Wildman–Crippen LogP) is 1.07. The van der Waals surface area contributed by atoms with Gasteiger partial charge in [-0.3, -0.25) is 5.10 Å². The molecule has 1 aliphatic carbocycles. The number of aromatic amines is 1. The molecule has 19 heavy (non-hydrogen) atoms. The number of nitrogens with one attached hydrogen (secondary N) is 2. The van der Waals surface area contributed by atoms with E-state index in [9.17, 15) is 13.5 Å². The fourth-order valence-electron chi connectivity index (χ4n) is 2.69. The second-order valence-electron chi connectivity index (χ2n) is 5.24. The van der Waals surface area contributed by atoms with Crippen molar-refractivity contribution >= 4 is 10.0 Å². The van der Waals surface area contributed by atoms with Crippen LogP contribution in [0.1, 0.15) is 43.9 Å². The Bertz CT molecular complexity index is 532. The first-order valence-electron chi connectivity index (χ1n) is 6.62. The molecule has 1 aliphatic rings. The maximum absolute atomic E-state index is 12.3. The molecule has 1 fully saturated rings. The molecule has 1 saturated carbocycles. The highest BCUT2D eigenvalue weighted by molar-refractivity contribution is 7.89. The highest BCUT2D eigenvalue weighted by Gasteiger charge is 2.29. The first kappa shape index (κ1) is 14.5. The number of aromatic nitrogens is 2. The summed E-state index contributed by atoms with van der Waals surface area (Å²) in [6.07, 6.45) is 4.46. The summed E-state index contributed by atoms with van der Waals surface area (Å²) in [6, 6.07) is -0.101. The summed E-state index contributed by atoms with van der Waals surface area (Å²) in [5.41, 5.74) is 0.919. The maximum atomic E-state index is 12.3. The fraction of sp³-hybridized carbons (Fsp3) is 0.750. The number of hydrogen-bond acceptors (Lipinski definition) is 4. The van der Waals surface area contributed by atoms with Crippen molar-refractivity contribution < 1.29 is 13.5 Å². The molecule has 0 radical (unpaired) electrons. The van der Waals surface area contributed by atoms with Gasteiger partial charge in [0, 0.05) is 17.3 Å². The van der Waals surface area contributed by atoms with Gasteiger partial charge in [-0.15, -0.1) is 0 Å². The van der Waals surface area contributed by atoms with Crippen LogP contribution in [0.15, 0.2) is 5.03 Å². The lowest BCUT2D eigenvalue weighted by Crippen LogP contribution is -2.37. The molecule has 0 amide bonds. The highest BCUT2D eigenvalue weighted by atomic mass is 32.2. The summed E-state index contributed by atoms with van der Waals surface area (Å²) in [4.78, 5) is 0. The molecule has 1 heterocycles. The molecule has 1 atom stereocenters. The van der Waals surface area contributed by atoms with Gasteiger partial charge in [-0.2, -0.15) is 5.10 Å². The molecule has 0 aromatic carbocycles. The summed E-state index contributed by atoms with van der Waals surface area (Å²) in [5, 5.41) is 15.6. The van der Waals surface area contributed by atoms with Gasteiger partial charge in [0.2, 0.25) is 0 Å². The molecule has 6 nitrogen and oxygen atoms in total. The zero-order valence-electron chi connectivity index (χ0n) is 11.3. The number of aliphatic hydroxyl groups is 1. The van der Waals surface area contributed by atoms with Crippen LogP contribution >= 0.6 is 0 Å². The number of nitrogens with zero attached hydrogens (tertiary/aromatic N) is 1. The van der Waals surface area contributed by atoms with Crippen LogP contribution in [0.5, 0.6) is 0 Å². The third kappa shape index (κ3) is 2.98. The van der Waals surface area contributed by atoms with Crippen LogP contribution in [-0.4, -0.2) is 29.8 Å². The van der Waals surface area contributed by atoms with E-state index < -0.39 is 10.0 Å². The normalized spacial score (nSPS) is 18.9. The van der Waals surface area contributed by atoms with Gasteiger partial charge < -0.3 is 5.11 Å². The van der Waals surface area contributed by atoms with Crippen LogP contribution in [-0.2, 0) is 16.6 Å². The Hall–Kier alpha value is -0.920. The van der Waals surface area contributed by atoms with Crippen LogP contribution in [0.4, 0.5) is 0 Å². The van der Waals surface area contributed by atoms with Crippen molar-refractivity contribution in [2.75, 3.05) is 0 Å². The van der Waals surface area contributed by atoms with E-state index in [1.807, 2.05) is 6.92 Å². The van der Waals surface area contributed by atoms with E-state index >= 15 is 0 Å². The molecular weight excluding hydrogens is 266 g/mol. The van der Waals surface area contributed by atoms with E-state index in [1.165, 1.54) is 12.8 Å². The zero-order chi connectivity index (χ0) is 14.0. The summed E-state index contributed by atoms with van der Waals surface area (Å²) in [5.74, 6) is 0.396. The van der Waals surface area contributed by atoms with E-state index in [0.717, 1.165) is 12.8 Å². The summed E-state index contributed by atoms with van der Waals surface area (Å²) in [7, 11) is -3.67. The molecule has 7 heteroatoms. The van der Waals surface area contributed by atoms with Crippen molar-refractivity contribution in [3.63, 3.8) is 0 Å². The SMILES string of the molecule is Cc1[nH]nc(S(=O)(=O)NC(C)C2CCCC2)c1CO. The van der Waals surface area contributed by atoms with Crippen LogP contribution in [0.2, 0.25) is 0 Å². The second-order valence-corrected chi connectivity index (χ2v) is 6.87. The minimum absolute atomic E-state index is 0.0858. The highest BCUT2D eigenvalue weighted by Crippen LogP contribution is 2.28. The van der Waals surface area contributed by atoms with Crippen LogP contribution in [0.25, 0.3) is 0 Å². The van der Waals surface area contributed by atoms with Gasteiger partial charge in [-0.1, -0.05) is 12.8 Å². The third-order valence-electron chi connectivity index (χ3n) is 3.90. The van der Waals surface area contributed by atoms with Gasteiger partial charge in [0.05, 0.1) is 6.61 Å². The summed E-state index contributed by atoms with van der Waals surface area (Å²) in [6.45, 7) is 3.25. The molecule has 2 rings (SSSR count). The molecule has 1 unspecified atom stereocenters. The number of sulfonamides is 1. The Balaban J connectivity index is 2.17. The minimum atomic E-state index is -3.67. The average molecular weight is 287 g/mol. The Kier molecular flexibility index (Phi) is 4.27. The monoisotopic (exact) mass is 287 g/mol. The number of hydrogen-bond donors (Lipinski definition) is 3. The van der Waals surface area contributed by atoms with Gasteiger partial charge >= 0.3 is 0 Å². The van der Waals surface area contributed by atoms with Crippen LogP contribution in [0, 0.1) is 12.8 Å². The number of aryl methyl sites for hydroxylation is 1. The van der Waals surface area contributed by atoms with Crippen molar-refractivity contribution in [2.24, 2.45) is 5.92 Å². The molecule has 0 bridgehead atoms. The third-order valence-corrected chi connectivity index (χ3v) is 5.43. The fourth-order valence-corrected chi connectivity index (χ4v) is 4.19. The smallest absolute Gasteiger partial charge is 0.260 e. The summed E-state index contributed by atoms with van der Waals surface area (Å²) >= 11 is 0. The Morgan fingerprint density at radius 3 is 2.68 bits per heavy atom. The van der Waals surface area contributed by atoms with Crippen molar-refractivity contribution in [2.45, 2.75) is 57.2 Å². The molecule has 3 N–H and O–H groups in total. The first-order chi connectivity index (χ1) is 8.95. The second kappa shape index (κ2) is 5.60. The van der Waals surface area contributed by atoms with Crippen molar-refractivity contribution in [1.82, 2.24) is 14.9 Å². The van der Waals surface area contributed by atoms with Gasteiger partial charge in [-0.05, 0) is 32.6 Å². The molecule has 108 valence electrons. The van der Waals surface area contributed by atoms with E-state index in [0.29, 0.717) is 17.2 Å². The quantitative estimate of drug-likeness (QED) is 0.755. The lowest BCUT2D eigenvalue weighted by atomic mass is 10.0. The van der Waals surface area contributed by atoms with Crippen molar-refractivity contribution in [3.05, 3.63) is 11.3 Å². The van der Waals surface area contributed by atoms with E-state index in [4.69, 9.17) is 0 Å². The van der Waals surface area contributed by atoms with Gasteiger partial charge in [0.25, 0.3) is 10.0 Å². The number of rotatable bonds is 5. The lowest BCUT2D eigenvalue weighted by molar-refractivity contribution is 0.277. The van der Waals surface area contributed by atoms with Gasteiger partial charge in [0.1, 0.15) is 0 Å². The van der Waals surface area contributed by atoms with Crippen LogP contribution < -0.4 is 4.72 Å². The van der Waals surface area contributed by atoms with Crippen molar-refractivity contribution in [3.8, 4) is 0 Å². The van der Waals surface area contributed by atoms with E-state index in [-0.39, 0.29) is 17.7 Å². The molecular formula is C12H21N3O3S. The number of H-pyrrole nitrogens is 1. The molecule has 0 aliphatic heterocycles. The lowest BCUT2D eigenvalue weighted by Gasteiger charge is -2.19. The summed E-state index contributed by atoms with van der Waals surface area (Å²) < 4.78 is 27.3. The zero-order valence-corrected chi connectivity index (χ0v) is 12.1. The van der Waals surface area contributed by atoms with Crippen molar-refractivity contribution in [1.29, 1.82) is 0 Å².